The quantitative estimate of drug-likeness (QED) is 0.576. The average molecular weight is 476 g/mol. The molecular formula is C23H23F3N4O4. The van der Waals surface area contributed by atoms with Crippen LogP contribution < -0.4 is 9.64 Å². The molecule has 0 bridgehead atoms. The van der Waals surface area contributed by atoms with Crippen LogP contribution in [0.5, 0.6) is 11.6 Å². The maximum atomic E-state index is 13.6. The van der Waals surface area contributed by atoms with Crippen molar-refractivity contribution in [3.63, 3.8) is 0 Å². The molecule has 1 aliphatic rings. The first kappa shape index (κ1) is 23.6. The van der Waals surface area contributed by atoms with Gasteiger partial charge in [0.25, 0.3) is 0 Å². The molecule has 11 heteroatoms. The van der Waals surface area contributed by atoms with Crippen LogP contribution in [0, 0.1) is 0 Å². The zero-order valence-corrected chi connectivity index (χ0v) is 18.5. The van der Waals surface area contributed by atoms with Crippen molar-refractivity contribution in [1.29, 1.82) is 0 Å². The SMILES string of the molecule is COC(=O)N1c2ccc(-c3cnn(CCO)c3)c(Oc3ncccc3C(F)(F)F)c2CC[C@@H]1C. The van der Waals surface area contributed by atoms with Gasteiger partial charge in [-0.2, -0.15) is 18.3 Å². The van der Waals surface area contributed by atoms with Crippen LogP contribution in [0.4, 0.5) is 23.7 Å². The summed E-state index contributed by atoms with van der Waals surface area (Å²) in [5.41, 5.74) is 1.12. The van der Waals surface area contributed by atoms with Gasteiger partial charge in [0.05, 0.1) is 32.1 Å². The number of carbonyl (C=O) groups excluding carboxylic acids is 1. The van der Waals surface area contributed by atoms with Crippen LogP contribution in [0.3, 0.4) is 0 Å². The number of hydrogen-bond acceptors (Lipinski definition) is 6. The Hall–Kier alpha value is -3.60. The fraction of sp³-hybridized carbons (Fsp3) is 0.348. The maximum Gasteiger partial charge on any atom is 0.421 e. The third-order valence-electron chi connectivity index (χ3n) is 5.67. The van der Waals surface area contributed by atoms with E-state index in [9.17, 15) is 23.1 Å². The highest BCUT2D eigenvalue weighted by Gasteiger charge is 2.37. The molecule has 1 aliphatic heterocycles. The molecule has 0 saturated heterocycles. The van der Waals surface area contributed by atoms with Gasteiger partial charge >= 0.3 is 12.3 Å². The van der Waals surface area contributed by atoms with Crippen molar-refractivity contribution in [3.8, 4) is 22.8 Å². The minimum absolute atomic E-state index is 0.122. The number of alkyl halides is 3. The summed E-state index contributed by atoms with van der Waals surface area (Å²) in [5, 5.41) is 13.4. The predicted octanol–water partition coefficient (Wildman–Crippen LogP) is 4.66. The second-order valence-electron chi connectivity index (χ2n) is 7.84. The molecule has 1 N–H and O–H groups in total. The number of benzene rings is 1. The molecule has 0 radical (unpaired) electrons. The molecule has 8 nitrogen and oxygen atoms in total. The topological polar surface area (TPSA) is 89.7 Å². The normalized spacial score (nSPS) is 15.7. The summed E-state index contributed by atoms with van der Waals surface area (Å²) >= 11 is 0. The van der Waals surface area contributed by atoms with Gasteiger partial charge in [-0.25, -0.2) is 9.78 Å². The van der Waals surface area contributed by atoms with E-state index in [1.54, 1.807) is 18.3 Å². The fourth-order valence-electron chi connectivity index (χ4n) is 4.04. The number of rotatable bonds is 5. The highest BCUT2D eigenvalue weighted by Crippen LogP contribution is 2.46. The molecule has 3 heterocycles. The second-order valence-corrected chi connectivity index (χ2v) is 7.84. The lowest BCUT2D eigenvalue weighted by atomic mass is 9.92. The molecule has 180 valence electrons. The Bertz CT molecular complexity index is 1200. The molecule has 1 aromatic carbocycles. The Morgan fingerprint density at radius 3 is 2.79 bits per heavy atom. The standard InChI is InChI=1S/C23H23F3N4O4/c1-14-5-6-17-19(30(14)22(32)33-2)8-7-16(15-12-28-29(13-15)10-11-31)20(17)34-21-18(23(24,25)26)4-3-9-27-21/h3-4,7-9,12-14,31H,5-6,10-11H2,1-2H3/t14-/m0/s1. The molecule has 1 atom stereocenters. The number of aromatic nitrogens is 3. The van der Waals surface area contributed by atoms with Crippen molar-refractivity contribution in [1.82, 2.24) is 14.8 Å². The minimum Gasteiger partial charge on any atom is -0.452 e. The Balaban J connectivity index is 1.90. The molecule has 0 unspecified atom stereocenters. The summed E-state index contributed by atoms with van der Waals surface area (Å²) in [4.78, 5) is 17.8. The zero-order chi connectivity index (χ0) is 24.5. The Labute approximate surface area is 193 Å². The molecule has 0 aliphatic carbocycles. The minimum atomic E-state index is -4.67. The molecule has 0 fully saturated rings. The lowest BCUT2D eigenvalue weighted by Gasteiger charge is -2.35. The molecular weight excluding hydrogens is 453 g/mol. The molecule has 34 heavy (non-hydrogen) atoms. The molecule has 0 spiro atoms. The highest BCUT2D eigenvalue weighted by molar-refractivity contribution is 5.92. The lowest BCUT2D eigenvalue weighted by molar-refractivity contribution is -0.138. The van der Waals surface area contributed by atoms with Gasteiger partial charge in [0, 0.05) is 35.1 Å². The van der Waals surface area contributed by atoms with Crippen LogP contribution in [0.1, 0.15) is 24.5 Å². The molecule has 1 amide bonds. The van der Waals surface area contributed by atoms with E-state index in [4.69, 9.17) is 9.47 Å². The summed E-state index contributed by atoms with van der Waals surface area (Å²) < 4.78 is 53.3. The van der Waals surface area contributed by atoms with Gasteiger partial charge in [-0.1, -0.05) is 0 Å². The van der Waals surface area contributed by atoms with Gasteiger partial charge in [0.2, 0.25) is 5.88 Å². The first-order valence-corrected chi connectivity index (χ1v) is 10.6. The van der Waals surface area contributed by atoms with E-state index >= 15 is 0 Å². The van der Waals surface area contributed by atoms with E-state index < -0.39 is 23.7 Å². The third-order valence-corrected chi connectivity index (χ3v) is 5.67. The van der Waals surface area contributed by atoms with Crippen molar-refractivity contribution in [2.24, 2.45) is 0 Å². The van der Waals surface area contributed by atoms with E-state index in [0.29, 0.717) is 35.2 Å². The molecule has 4 rings (SSSR count). The number of aliphatic hydroxyl groups excluding tert-OH is 1. The summed E-state index contributed by atoms with van der Waals surface area (Å²) in [7, 11) is 1.27. The van der Waals surface area contributed by atoms with Crippen molar-refractivity contribution in [3.05, 3.63) is 54.0 Å². The third kappa shape index (κ3) is 4.43. The van der Waals surface area contributed by atoms with Crippen LogP contribution in [0.25, 0.3) is 11.1 Å². The Morgan fingerprint density at radius 2 is 2.09 bits per heavy atom. The number of anilines is 1. The van der Waals surface area contributed by atoms with E-state index in [1.807, 2.05) is 6.92 Å². The van der Waals surface area contributed by atoms with Gasteiger partial charge < -0.3 is 14.6 Å². The van der Waals surface area contributed by atoms with E-state index in [-0.39, 0.29) is 24.9 Å². The predicted molar refractivity (Wildman–Crippen MR) is 117 cm³/mol. The summed E-state index contributed by atoms with van der Waals surface area (Å²) in [6, 6.07) is 5.30. The number of amides is 1. The molecule has 3 aromatic rings. The largest absolute Gasteiger partial charge is 0.452 e. The van der Waals surface area contributed by atoms with Gasteiger partial charge in [-0.3, -0.25) is 9.58 Å². The van der Waals surface area contributed by atoms with Crippen LogP contribution in [-0.2, 0) is 23.9 Å². The number of ether oxygens (including phenoxy) is 2. The number of halogens is 3. The monoisotopic (exact) mass is 476 g/mol. The van der Waals surface area contributed by atoms with Gasteiger partial charge in [-0.15, -0.1) is 0 Å². The average Bonchev–Trinajstić information content (AvgIpc) is 3.27. The Kier molecular flexibility index (Phi) is 6.47. The van der Waals surface area contributed by atoms with E-state index in [0.717, 1.165) is 6.07 Å². The van der Waals surface area contributed by atoms with Gasteiger partial charge in [0.1, 0.15) is 11.3 Å². The fourth-order valence-corrected chi connectivity index (χ4v) is 4.04. The number of hydrogen-bond donors (Lipinski definition) is 1. The lowest BCUT2D eigenvalue weighted by Crippen LogP contribution is -2.42. The van der Waals surface area contributed by atoms with Crippen LogP contribution in [0.2, 0.25) is 0 Å². The Morgan fingerprint density at radius 1 is 1.29 bits per heavy atom. The first-order chi connectivity index (χ1) is 16.2. The molecule has 0 saturated carbocycles. The first-order valence-electron chi connectivity index (χ1n) is 10.6. The number of methoxy groups -OCH3 is 1. The summed E-state index contributed by atoms with van der Waals surface area (Å²) in [6.45, 7) is 2.00. The van der Waals surface area contributed by atoms with Crippen LogP contribution in [0.15, 0.2) is 42.9 Å². The van der Waals surface area contributed by atoms with Crippen molar-refractivity contribution >= 4 is 11.8 Å². The van der Waals surface area contributed by atoms with Gasteiger partial charge in [0.15, 0.2) is 0 Å². The van der Waals surface area contributed by atoms with E-state index in [2.05, 4.69) is 10.1 Å². The van der Waals surface area contributed by atoms with Crippen molar-refractivity contribution in [2.45, 2.75) is 38.5 Å². The van der Waals surface area contributed by atoms with Crippen molar-refractivity contribution in [2.75, 3.05) is 18.6 Å². The van der Waals surface area contributed by atoms with Crippen molar-refractivity contribution < 1.29 is 32.5 Å². The maximum absolute atomic E-state index is 13.6. The van der Waals surface area contributed by atoms with Crippen LogP contribution >= 0.6 is 0 Å². The number of carbonyl (C=O) groups is 1. The molecule has 2 aromatic heterocycles. The number of nitrogens with zero attached hydrogens (tertiary/aromatic N) is 4. The summed E-state index contributed by atoms with van der Waals surface area (Å²) in [5.74, 6) is -0.429. The smallest absolute Gasteiger partial charge is 0.421 e. The number of pyridine rings is 1. The van der Waals surface area contributed by atoms with E-state index in [1.165, 1.54) is 35.2 Å². The van der Waals surface area contributed by atoms with Crippen LogP contribution in [-0.4, -0.2) is 45.7 Å². The highest BCUT2D eigenvalue weighted by atomic mass is 19.4. The summed E-state index contributed by atoms with van der Waals surface area (Å²) in [6.07, 6.45) is 0.205. The number of fused-ring (bicyclic) bond motifs is 1. The van der Waals surface area contributed by atoms with Gasteiger partial charge in [-0.05, 0) is 44.0 Å². The zero-order valence-electron chi connectivity index (χ0n) is 18.5. The second kappa shape index (κ2) is 9.34. The number of aliphatic hydroxyl groups is 1.